The average Bonchev–Trinajstić information content (AvgIpc) is 2.90. The van der Waals surface area contributed by atoms with Gasteiger partial charge < -0.3 is 5.32 Å². The summed E-state index contributed by atoms with van der Waals surface area (Å²) in [6.07, 6.45) is 2.55. The van der Waals surface area contributed by atoms with E-state index in [0.717, 1.165) is 23.5 Å². The summed E-state index contributed by atoms with van der Waals surface area (Å²) < 4.78 is 0. The Morgan fingerprint density at radius 1 is 1.32 bits per heavy atom. The van der Waals surface area contributed by atoms with Gasteiger partial charge in [-0.2, -0.15) is 0 Å². The van der Waals surface area contributed by atoms with Crippen molar-refractivity contribution in [3.05, 3.63) is 64.5 Å². The zero-order chi connectivity index (χ0) is 15.5. The molecule has 1 aromatic heterocycles. The number of pyridine rings is 1. The molecule has 0 fully saturated rings. The molecule has 2 aromatic rings. The van der Waals surface area contributed by atoms with Gasteiger partial charge in [0, 0.05) is 36.0 Å². The standard InChI is InChI=1S/C18H19N3O/c1-3-19-18(22)14-6-4-5-13(9-14)10-16-17-12(2)21-11-15(17)7-8-20-16/h4-9H,3,10-11H2,1-2H3,(H,19,22). The van der Waals surface area contributed by atoms with E-state index in [1.807, 2.05) is 50.4 Å². The van der Waals surface area contributed by atoms with Crippen LogP contribution in [0.15, 0.2) is 41.5 Å². The fourth-order valence-electron chi connectivity index (χ4n) is 2.82. The van der Waals surface area contributed by atoms with Crippen LogP contribution < -0.4 is 5.32 Å². The van der Waals surface area contributed by atoms with E-state index in [0.29, 0.717) is 18.5 Å². The fourth-order valence-corrected chi connectivity index (χ4v) is 2.82. The number of benzene rings is 1. The molecule has 112 valence electrons. The van der Waals surface area contributed by atoms with E-state index < -0.39 is 0 Å². The first-order chi connectivity index (χ1) is 10.7. The van der Waals surface area contributed by atoms with Crippen LogP contribution in [0, 0.1) is 0 Å². The summed E-state index contributed by atoms with van der Waals surface area (Å²) in [5, 5.41) is 2.83. The molecule has 0 atom stereocenters. The van der Waals surface area contributed by atoms with E-state index in [1.54, 1.807) is 0 Å². The Morgan fingerprint density at radius 2 is 2.18 bits per heavy atom. The molecule has 1 N–H and O–H groups in total. The molecule has 4 nitrogen and oxygen atoms in total. The third kappa shape index (κ3) is 2.77. The van der Waals surface area contributed by atoms with Crippen molar-refractivity contribution in [2.45, 2.75) is 26.8 Å². The summed E-state index contributed by atoms with van der Waals surface area (Å²) >= 11 is 0. The number of nitrogens with one attached hydrogen (secondary N) is 1. The van der Waals surface area contributed by atoms with Gasteiger partial charge in [0.1, 0.15) is 0 Å². The SMILES string of the molecule is CCNC(=O)c1cccc(Cc2nccc3c2C(C)=NC3)c1. The van der Waals surface area contributed by atoms with Gasteiger partial charge in [-0.05, 0) is 43.2 Å². The van der Waals surface area contributed by atoms with Crippen LogP contribution in [0.5, 0.6) is 0 Å². The zero-order valence-electron chi connectivity index (χ0n) is 12.9. The number of carbonyl (C=O) groups excluding carboxylic acids is 1. The molecule has 1 aliphatic rings. The van der Waals surface area contributed by atoms with Crippen molar-refractivity contribution in [2.24, 2.45) is 4.99 Å². The highest BCUT2D eigenvalue weighted by Gasteiger charge is 2.17. The number of aromatic nitrogens is 1. The van der Waals surface area contributed by atoms with E-state index in [9.17, 15) is 4.79 Å². The minimum absolute atomic E-state index is 0.0339. The molecular weight excluding hydrogens is 274 g/mol. The topological polar surface area (TPSA) is 54.4 Å². The molecule has 1 aliphatic heterocycles. The molecular formula is C18H19N3O. The smallest absolute Gasteiger partial charge is 0.251 e. The van der Waals surface area contributed by atoms with Crippen LogP contribution in [0.25, 0.3) is 0 Å². The summed E-state index contributed by atoms with van der Waals surface area (Å²) in [4.78, 5) is 21.0. The molecule has 0 saturated carbocycles. The Labute approximate surface area is 130 Å². The lowest BCUT2D eigenvalue weighted by Crippen LogP contribution is -2.22. The highest BCUT2D eigenvalue weighted by molar-refractivity contribution is 6.02. The van der Waals surface area contributed by atoms with Crippen LogP contribution in [0.4, 0.5) is 0 Å². The summed E-state index contributed by atoms with van der Waals surface area (Å²) in [6, 6.07) is 9.76. The van der Waals surface area contributed by atoms with Crippen molar-refractivity contribution in [1.29, 1.82) is 0 Å². The first kappa shape index (κ1) is 14.4. The number of rotatable bonds is 4. The van der Waals surface area contributed by atoms with Gasteiger partial charge in [0.15, 0.2) is 0 Å². The maximum absolute atomic E-state index is 11.9. The van der Waals surface area contributed by atoms with Crippen LogP contribution in [0.2, 0.25) is 0 Å². The zero-order valence-corrected chi connectivity index (χ0v) is 12.9. The highest BCUT2D eigenvalue weighted by atomic mass is 16.1. The first-order valence-electron chi connectivity index (χ1n) is 7.54. The molecule has 0 spiro atoms. The van der Waals surface area contributed by atoms with Crippen molar-refractivity contribution >= 4 is 11.6 Å². The van der Waals surface area contributed by atoms with Crippen LogP contribution in [0.1, 0.15) is 46.6 Å². The molecule has 4 heteroatoms. The van der Waals surface area contributed by atoms with Crippen molar-refractivity contribution in [1.82, 2.24) is 10.3 Å². The number of aliphatic imine (C=N–C) groups is 1. The summed E-state index contributed by atoms with van der Waals surface area (Å²) in [5.74, 6) is -0.0339. The van der Waals surface area contributed by atoms with Crippen molar-refractivity contribution in [2.75, 3.05) is 6.54 Å². The lowest BCUT2D eigenvalue weighted by atomic mass is 9.99. The van der Waals surface area contributed by atoms with Gasteiger partial charge in [-0.25, -0.2) is 0 Å². The second-order valence-electron chi connectivity index (χ2n) is 5.43. The summed E-state index contributed by atoms with van der Waals surface area (Å²) in [6.45, 7) is 5.32. The van der Waals surface area contributed by atoms with Crippen LogP contribution in [-0.2, 0) is 13.0 Å². The molecule has 0 saturated heterocycles. The van der Waals surface area contributed by atoms with Crippen LogP contribution >= 0.6 is 0 Å². The lowest BCUT2D eigenvalue weighted by molar-refractivity contribution is 0.0955. The number of carbonyl (C=O) groups is 1. The molecule has 0 bridgehead atoms. The average molecular weight is 293 g/mol. The minimum Gasteiger partial charge on any atom is -0.352 e. The van der Waals surface area contributed by atoms with Gasteiger partial charge in [0.25, 0.3) is 5.91 Å². The molecule has 0 radical (unpaired) electrons. The number of nitrogens with zero attached hydrogens (tertiary/aromatic N) is 2. The predicted molar refractivity (Wildman–Crippen MR) is 87.4 cm³/mol. The molecule has 22 heavy (non-hydrogen) atoms. The van der Waals surface area contributed by atoms with Gasteiger partial charge in [-0.1, -0.05) is 12.1 Å². The third-order valence-corrected chi connectivity index (χ3v) is 3.86. The molecule has 0 unspecified atom stereocenters. The number of amides is 1. The van der Waals surface area contributed by atoms with Gasteiger partial charge in [-0.15, -0.1) is 0 Å². The second kappa shape index (κ2) is 6.10. The van der Waals surface area contributed by atoms with Gasteiger partial charge in [-0.3, -0.25) is 14.8 Å². The van der Waals surface area contributed by atoms with Gasteiger partial charge in [0.05, 0.1) is 12.2 Å². The molecule has 2 heterocycles. The normalized spacial score (nSPS) is 12.7. The molecule has 1 aromatic carbocycles. The summed E-state index contributed by atoms with van der Waals surface area (Å²) in [5.41, 5.74) is 6.28. The van der Waals surface area contributed by atoms with E-state index in [-0.39, 0.29) is 5.91 Å². The Balaban J connectivity index is 1.89. The maximum Gasteiger partial charge on any atom is 0.251 e. The monoisotopic (exact) mass is 293 g/mol. The van der Waals surface area contributed by atoms with E-state index in [2.05, 4.69) is 15.3 Å². The Morgan fingerprint density at radius 3 is 3.00 bits per heavy atom. The number of hydrogen-bond acceptors (Lipinski definition) is 3. The van der Waals surface area contributed by atoms with Crippen molar-refractivity contribution in [3.63, 3.8) is 0 Å². The highest BCUT2D eigenvalue weighted by Crippen LogP contribution is 2.23. The largest absolute Gasteiger partial charge is 0.352 e. The third-order valence-electron chi connectivity index (χ3n) is 3.86. The van der Waals surface area contributed by atoms with Crippen LogP contribution in [0.3, 0.4) is 0 Å². The quantitative estimate of drug-likeness (QED) is 0.942. The molecule has 3 rings (SSSR count). The van der Waals surface area contributed by atoms with Crippen LogP contribution in [-0.4, -0.2) is 23.1 Å². The minimum atomic E-state index is -0.0339. The number of fused-ring (bicyclic) bond motifs is 1. The molecule has 0 aliphatic carbocycles. The van der Waals surface area contributed by atoms with Gasteiger partial charge >= 0.3 is 0 Å². The van der Waals surface area contributed by atoms with Gasteiger partial charge in [0.2, 0.25) is 0 Å². The van der Waals surface area contributed by atoms with E-state index in [4.69, 9.17) is 0 Å². The predicted octanol–water partition coefficient (Wildman–Crippen LogP) is 2.74. The Bertz CT molecular complexity index is 750. The lowest BCUT2D eigenvalue weighted by Gasteiger charge is -2.09. The maximum atomic E-state index is 11.9. The van der Waals surface area contributed by atoms with E-state index in [1.165, 1.54) is 11.1 Å². The second-order valence-corrected chi connectivity index (χ2v) is 5.43. The molecule has 1 amide bonds. The Kier molecular flexibility index (Phi) is 4.00. The number of hydrogen-bond donors (Lipinski definition) is 1. The first-order valence-corrected chi connectivity index (χ1v) is 7.54. The van der Waals surface area contributed by atoms with Crippen molar-refractivity contribution in [3.8, 4) is 0 Å². The van der Waals surface area contributed by atoms with Crippen molar-refractivity contribution < 1.29 is 4.79 Å². The Hall–Kier alpha value is -2.49. The van der Waals surface area contributed by atoms with E-state index >= 15 is 0 Å². The summed E-state index contributed by atoms with van der Waals surface area (Å²) in [7, 11) is 0. The fraction of sp³-hybridized carbons (Fsp3) is 0.278.